The van der Waals surface area contributed by atoms with Crippen LogP contribution in [0.1, 0.15) is 54.3 Å². The number of fused-ring (bicyclic) bond motifs is 1. The van der Waals surface area contributed by atoms with Gasteiger partial charge in [0.05, 0.1) is 31.4 Å². The fraction of sp³-hybridized carbons (Fsp3) is 0.310. The molecular formula is C29H30BrN7O4. The Balaban J connectivity index is 1.58. The van der Waals surface area contributed by atoms with Crippen molar-refractivity contribution in [1.82, 2.24) is 35.5 Å². The molecule has 212 valence electrons. The fourth-order valence-corrected chi connectivity index (χ4v) is 5.72. The number of tetrazole rings is 1. The van der Waals surface area contributed by atoms with E-state index in [0.717, 1.165) is 56.5 Å². The van der Waals surface area contributed by atoms with Crippen LogP contribution in [-0.2, 0) is 22.5 Å². The van der Waals surface area contributed by atoms with Gasteiger partial charge in [0.1, 0.15) is 18.1 Å². The molecule has 0 spiro atoms. The van der Waals surface area contributed by atoms with Crippen molar-refractivity contribution in [2.45, 2.75) is 46.6 Å². The van der Waals surface area contributed by atoms with E-state index in [1.165, 1.54) is 0 Å². The number of amides is 1. The normalized spacial score (nSPS) is 11.2. The third kappa shape index (κ3) is 5.64. The first-order chi connectivity index (χ1) is 19.9. The highest BCUT2D eigenvalue weighted by Gasteiger charge is 2.28. The molecule has 3 aromatic rings. The minimum absolute atomic E-state index is 0.217. The number of nitrogens with one attached hydrogen (secondary N) is 2. The number of carbonyl (C=O) groups excluding carboxylic acids is 2. The highest BCUT2D eigenvalue weighted by atomic mass is 79.9. The average Bonchev–Trinajstić information content (AvgIpc) is 3.70. The summed E-state index contributed by atoms with van der Waals surface area (Å²) in [5.41, 5.74) is 6.44. The number of unbranched alkanes of at least 4 members (excludes halogenated alkanes) is 1. The zero-order valence-corrected chi connectivity index (χ0v) is 24.6. The lowest BCUT2D eigenvalue weighted by atomic mass is 9.97. The molecule has 1 amide bonds. The predicted octanol–water partition coefficient (Wildman–Crippen LogP) is 5.18. The molecule has 2 aromatic heterocycles. The van der Waals surface area contributed by atoms with Gasteiger partial charge in [-0.05, 0) is 62.5 Å². The molecule has 3 heterocycles. The number of aryl methyl sites for hydroxylation is 2. The summed E-state index contributed by atoms with van der Waals surface area (Å²) in [6, 6.07) is 9.76. The Labute approximate surface area is 245 Å². The molecule has 0 fully saturated rings. The summed E-state index contributed by atoms with van der Waals surface area (Å²) in [4.78, 5) is 30.3. The number of carbonyl (C=O) groups is 2. The van der Waals surface area contributed by atoms with Crippen molar-refractivity contribution in [1.29, 1.82) is 0 Å². The number of nitrogens with zero attached hydrogens (tertiary/aromatic N) is 5. The third-order valence-electron chi connectivity index (χ3n) is 6.89. The number of hydrogen-bond acceptors (Lipinski definition) is 8. The van der Waals surface area contributed by atoms with Gasteiger partial charge in [-0.25, -0.2) is 10.1 Å². The summed E-state index contributed by atoms with van der Waals surface area (Å²) in [5.74, 6) is 0.429. The van der Waals surface area contributed by atoms with Crippen LogP contribution in [0, 0.1) is 6.92 Å². The van der Waals surface area contributed by atoms with Crippen molar-refractivity contribution < 1.29 is 18.7 Å². The van der Waals surface area contributed by atoms with Crippen LogP contribution in [0.3, 0.4) is 0 Å². The minimum Gasteiger partial charge on any atom is -0.472 e. The molecule has 1 aromatic carbocycles. The molecule has 41 heavy (non-hydrogen) atoms. The Hall–Kier alpha value is -4.32. The maximum Gasteiger partial charge on any atom is 0.325 e. The van der Waals surface area contributed by atoms with Gasteiger partial charge in [-0.2, -0.15) is 0 Å². The zero-order chi connectivity index (χ0) is 28.9. The summed E-state index contributed by atoms with van der Waals surface area (Å²) in [5, 5.41) is 17.2. The first-order valence-corrected chi connectivity index (χ1v) is 14.2. The van der Waals surface area contributed by atoms with E-state index in [9.17, 15) is 9.59 Å². The summed E-state index contributed by atoms with van der Waals surface area (Å²) in [7, 11) is 0. The fourth-order valence-electron chi connectivity index (χ4n) is 4.96. The monoisotopic (exact) mass is 619 g/mol. The van der Waals surface area contributed by atoms with E-state index >= 15 is 0 Å². The molecule has 5 rings (SSSR count). The number of hydrogen-bond donors (Lipinski definition) is 2. The van der Waals surface area contributed by atoms with Crippen molar-refractivity contribution in [2.75, 3.05) is 13.2 Å². The van der Waals surface area contributed by atoms with Gasteiger partial charge in [-0.1, -0.05) is 44.5 Å². The van der Waals surface area contributed by atoms with Crippen LogP contribution in [0.5, 0.6) is 0 Å². The van der Waals surface area contributed by atoms with Gasteiger partial charge in [0, 0.05) is 27.6 Å². The second-order valence-corrected chi connectivity index (χ2v) is 10.3. The summed E-state index contributed by atoms with van der Waals surface area (Å²) in [6.45, 7) is 6.28. The van der Waals surface area contributed by atoms with Crippen LogP contribution < -0.4 is 5.32 Å². The lowest BCUT2D eigenvalue weighted by Gasteiger charge is -2.15. The van der Waals surface area contributed by atoms with E-state index in [-0.39, 0.29) is 12.5 Å². The lowest BCUT2D eigenvalue weighted by Crippen LogP contribution is -2.33. The molecule has 2 N–H and O–H groups in total. The number of ether oxygens (including phenoxy) is 1. The largest absolute Gasteiger partial charge is 0.472 e. The van der Waals surface area contributed by atoms with E-state index in [1.54, 1.807) is 19.5 Å². The number of H-pyrrole nitrogens is 1. The van der Waals surface area contributed by atoms with E-state index < -0.39 is 5.97 Å². The number of rotatable bonds is 11. The molecule has 0 saturated heterocycles. The topological polar surface area (TPSA) is 141 Å². The molecule has 12 heteroatoms. The Morgan fingerprint density at radius 1 is 1.12 bits per heavy atom. The van der Waals surface area contributed by atoms with Crippen LogP contribution in [0.25, 0.3) is 33.6 Å². The number of halogens is 1. The molecule has 0 bridgehead atoms. The second-order valence-electron chi connectivity index (χ2n) is 9.51. The number of aromatic nitrogens is 6. The molecule has 0 saturated carbocycles. The molecule has 11 nitrogen and oxygen atoms in total. The van der Waals surface area contributed by atoms with Crippen molar-refractivity contribution in [2.24, 2.45) is 0 Å². The van der Waals surface area contributed by atoms with Crippen LogP contribution in [0.15, 0.2) is 51.7 Å². The Morgan fingerprint density at radius 2 is 1.93 bits per heavy atom. The van der Waals surface area contributed by atoms with Gasteiger partial charge < -0.3 is 19.0 Å². The van der Waals surface area contributed by atoms with Gasteiger partial charge in [-0.3, -0.25) is 9.59 Å². The maximum atomic E-state index is 13.4. The van der Waals surface area contributed by atoms with E-state index in [2.05, 4.69) is 41.9 Å². The van der Waals surface area contributed by atoms with E-state index in [0.29, 0.717) is 36.8 Å². The lowest BCUT2D eigenvalue weighted by molar-refractivity contribution is -0.142. The predicted molar refractivity (Wildman–Crippen MR) is 155 cm³/mol. The zero-order valence-electron chi connectivity index (χ0n) is 23.0. The smallest absolute Gasteiger partial charge is 0.325 e. The van der Waals surface area contributed by atoms with Gasteiger partial charge in [0.2, 0.25) is 0 Å². The molecule has 0 radical (unpaired) electrons. The highest BCUT2D eigenvalue weighted by molar-refractivity contribution is 9.10. The van der Waals surface area contributed by atoms with E-state index in [1.807, 2.05) is 48.7 Å². The standard InChI is InChI=1S/C29H30BrN7O4/c1-4-6-12-41-24(38)14-31-29(39)27-17(3)32-23(5-2)37(27)15-21-18-11-13-40-16-22(18)26(30)25(21)19-9-7-8-10-20(19)28-33-35-36-34-28/h7-11,13,16H,4-6,12,14-15H2,1-3H3,(H,31,39)(H,33,34,35,36). The van der Waals surface area contributed by atoms with Gasteiger partial charge in [0.15, 0.2) is 5.82 Å². The van der Waals surface area contributed by atoms with Gasteiger partial charge in [-0.15, -0.1) is 5.10 Å². The number of aromatic amines is 1. The molecule has 0 unspecified atom stereocenters. The van der Waals surface area contributed by atoms with Crippen LogP contribution >= 0.6 is 15.9 Å². The molecule has 1 aliphatic carbocycles. The summed E-state index contributed by atoms with van der Waals surface area (Å²) >= 11 is 3.83. The second kappa shape index (κ2) is 12.5. The first kappa shape index (κ1) is 28.2. The van der Waals surface area contributed by atoms with E-state index in [4.69, 9.17) is 14.1 Å². The third-order valence-corrected chi connectivity index (χ3v) is 7.72. The van der Waals surface area contributed by atoms with Crippen molar-refractivity contribution in [3.8, 4) is 33.6 Å². The Bertz CT molecular complexity index is 1640. The molecule has 1 aliphatic heterocycles. The Kier molecular flexibility index (Phi) is 8.58. The van der Waals surface area contributed by atoms with Gasteiger partial charge in [0.25, 0.3) is 5.91 Å². The molecular weight excluding hydrogens is 590 g/mol. The first-order valence-electron chi connectivity index (χ1n) is 13.4. The van der Waals surface area contributed by atoms with Crippen molar-refractivity contribution >= 4 is 27.8 Å². The maximum absolute atomic E-state index is 13.4. The number of imidazole rings is 1. The summed E-state index contributed by atoms with van der Waals surface area (Å²) < 4.78 is 13.5. The van der Waals surface area contributed by atoms with Crippen molar-refractivity contribution in [3.05, 3.63) is 70.1 Å². The average molecular weight is 621 g/mol. The van der Waals surface area contributed by atoms with Crippen LogP contribution in [0.2, 0.25) is 0 Å². The molecule has 2 aliphatic rings. The van der Waals surface area contributed by atoms with Crippen LogP contribution in [0.4, 0.5) is 0 Å². The summed E-state index contributed by atoms with van der Waals surface area (Å²) in [6.07, 6.45) is 5.63. The SMILES string of the molecule is CCCCOC(=O)CNC(=O)c1c(C)nc(CC)n1Cc1c2ccocc-2c(Br)c1-c1ccccc1-c1nnn[nH]1. The van der Waals surface area contributed by atoms with Crippen molar-refractivity contribution in [3.63, 3.8) is 0 Å². The molecule has 0 atom stereocenters. The minimum atomic E-state index is -0.471. The number of benzene rings is 1. The Morgan fingerprint density at radius 3 is 2.66 bits per heavy atom. The number of esters is 1. The quantitative estimate of drug-likeness (QED) is 0.152. The highest BCUT2D eigenvalue weighted by Crippen LogP contribution is 2.48. The van der Waals surface area contributed by atoms with Crippen LogP contribution in [-0.4, -0.2) is 55.2 Å². The van der Waals surface area contributed by atoms with Gasteiger partial charge >= 0.3 is 5.97 Å².